The lowest BCUT2D eigenvalue weighted by atomic mass is 9.90. The Morgan fingerprint density at radius 1 is 0.977 bits per heavy atom. The summed E-state index contributed by atoms with van der Waals surface area (Å²) in [5, 5.41) is 12.4. The quantitative estimate of drug-likeness (QED) is 0.198. The van der Waals surface area contributed by atoms with Gasteiger partial charge < -0.3 is 18.8 Å². The minimum Gasteiger partial charge on any atom is -0.493 e. The predicted molar refractivity (Wildman–Crippen MR) is 161 cm³/mol. The highest BCUT2D eigenvalue weighted by molar-refractivity contribution is 5.74. The van der Waals surface area contributed by atoms with E-state index in [0.717, 1.165) is 34.0 Å². The zero-order chi connectivity index (χ0) is 29.6. The van der Waals surface area contributed by atoms with Crippen molar-refractivity contribution < 1.29 is 18.7 Å². The molecule has 3 heterocycles. The third-order valence-electron chi connectivity index (χ3n) is 7.71. The molecule has 0 bridgehead atoms. The number of aryl methyl sites for hydroxylation is 1. The number of ether oxygens (including phenoxy) is 2. The van der Waals surface area contributed by atoms with Gasteiger partial charge in [-0.3, -0.25) is 4.79 Å². The van der Waals surface area contributed by atoms with Gasteiger partial charge in [-0.2, -0.15) is 4.68 Å². The molecule has 220 valence electrons. The number of anilines is 1. The highest BCUT2D eigenvalue weighted by Crippen LogP contribution is 2.32. The molecule has 0 N–H and O–H groups in total. The SMILES string of the molecule is CCOC(=O)[C@H]1CN(c2nnnn2-c2ccccc2)C[C@H]1Cc1ccc(OCCc2nc(-c3ccccc3)oc2C)cc1. The summed E-state index contributed by atoms with van der Waals surface area (Å²) in [5.41, 5.74) is 3.84. The lowest BCUT2D eigenvalue weighted by Crippen LogP contribution is -2.27. The first-order valence-corrected chi connectivity index (χ1v) is 14.6. The molecular weight excluding hydrogens is 544 g/mol. The summed E-state index contributed by atoms with van der Waals surface area (Å²) >= 11 is 0. The summed E-state index contributed by atoms with van der Waals surface area (Å²) in [6.45, 7) is 5.72. The minimum atomic E-state index is -0.289. The first kappa shape index (κ1) is 28.1. The van der Waals surface area contributed by atoms with Crippen molar-refractivity contribution in [3.05, 3.63) is 102 Å². The smallest absolute Gasteiger partial charge is 0.311 e. The van der Waals surface area contributed by atoms with Crippen LogP contribution in [0.5, 0.6) is 5.75 Å². The molecular formula is C33H34N6O4. The standard InChI is InChI=1S/C33H34N6O4/c1-3-41-32(40)29-22-38(33-35-36-37-39(33)27-12-8-5-9-13-27)21-26(29)20-24-14-16-28(17-15-24)42-19-18-30-23(2)43-31(34-30)25-10-6-4-7-11-25/h4-17,26,29H,3,18-22H2,1-2H3/t26-,29+/m1/s1. The first-order valence-electron chi connectivity index (χ1n) is 14.6. The van der Waals surface area contributed by atoms with E-state index < -0.39 is 0 Å². The van der Waals surface area contributed by atoms with E-state index in [-0.39, 0.29) is 17.8 Å². The average molecular weight is 579 g/mol. The zero-order valence-electron chi connectivity index (χ0n) is 24.3. The number of carbonyl (C=O) groups is 1. The van der Waals surface area contributed by atoms with Crippen LogP contribution in [-0.2, 0) is 22.4 Å². The summed E-state index contributed by atoms with van der Waals surface area (Å²) in [5.74, 6) is 2.39. The van der Waals surface area contributed by atoms with Gasteiger partial charge in [0.1, 0.15) is 11.5 Å². The normalized spacial score (nSPS) is 16.4. The first-order chi connectivity index (χ1) is 21.1. The Hall–Kier alpha value is -4.99. The molecule has 0 radical (unpaired) electrons. The van der Waals surface area contributed by atoms with E-state index >= 15 is 0 Å². The van der Waals surface area contributed by atoms with Crippen LogP contribution in [0.1, 0.15) is 23.9 Å². The fraction of sp³-hybridized carbons (Fsp3) is 0.303. The Bertz CT molecular complexity index is 1640. The lowest BCUT2D eigenvalue weighted by molar-refractivity contribution is -0.148. The molecule has 1 saturated heterocycles. The monoisotopic (exact) mass is 578 g/mol. The molecule has 43 heavy (non-hydrogen) atoms. The van der Waals surface area contributed by atoms with Gasteiger partial charge in [-0.15, -0.1) is 0 Å². The summed E-state index contributed by atoms with van der Waals surface area (Å²) in [6, 6.07) is 27.7. The highest BCUT2D eigenvalue weighted by atomic mass is 16.5. The Morgan fingerprint density at radius 3 is 2.47 bits per heavy atom. The number of benzene rings is 3. The van der Waals surface area contributed by atoms with E-state index in [1.807, 2.05) is 86.6 Å². The number of rotatable bonds is 11. The maximum Gasteiger partial charge on any atom is 0.311 e. The fourth-order valence-electron chi connectivity index (χ4n) is 5.53. The molecule has 0 spiro atoms. The molecule has 6 rings (SSSR count). The third kappa shape index (κ3) is 6.43. The fourth-order valence-corrected chi connectivity index (χ4v) is 5.53. The van der Waals surface area contributed by atoms with Crippen LogP contribution in [0.4, 0.5) is 5.95 Å². The van der Waals surface area contributed by atoms with Crippen molar-refractivity contribution >= 4 is 11.9 Å². The van der Waals surface area contributed by atoms with Crippen molar-refractivity contribution in [3.63, 3.8) is 0 Å². The van der Waals surface area contributed by atoms with Gasteiger partial charge in [0.05, 0.1) is 30.5 Å². The summed E-state index contributed by atoms with van der Waals surface area (Å²) < 4.78 is 19.1. The number of hydrogen-bond acceptors (Lipinski definition) is 9. The van der Waals surface area contributed by atoms with Crippen LogP contribution >= 0.6 is 0 Å². The Balaban J connectivity index is 1.09. The second-order valence-electron chi connectivity index (χ2n) is 10.6. The van der Waals surface area contributed by atoms with Crippen LogP contribution in [-0.4, -0.2) is 57.5 Å². The minimum absolute atomic E-state index is 0.0423. The molecule has 2 atom stereocenters. The number of tetrazole rings is 1. The molecule has 0 aliphatic carbocycles. The third-order valence-corrected chi connectivity index (χ3v) is 7.71. The van der Waals surface area contributed by atoms with Gasteiger partial charge in [-0.25, -0.2) is 4.98 Å². The number of hydrogen-bond donors (Lipinski definition) is 0. The molecule has 0 saturated carbocycles. The van der Waals surface area contributed by atoms with Crippen molar-refractivity contribution in [3.8, 4) is 22.9 Å². The van der Waals surface area contributed by atoms with Crippen LogP contribution in [0, 0.1) is 18.8 Å². The number of aromatic nitrogens is 5. The maximum atomic E-state index is 13.0. The zero-order valence-corrected chi connectivity index (χ0v) is 24.3. The van der Waals surface area contributed by atoms with Gasteiger partial charge in [0.2, 0.25) is 11.8 Å². The predicted octanol–water partition coefficient (Wildman–Crippen LogP) is 5.11. The molecule has 2 aromatic heterocycles. The van der Waals surface area contributed by atoms with Crippen molar-refractivity contribution in [2.75, 3.05) is 31.2 Å². The summed E-state index contributed by atoms with van der Waals surface area (Å²) in [4.78, 5) is 19.7. The van der Waals surface area contributed by atoms with E-state index in [1.165, 1.54) is 0 Å². The largest absolute Gasteiger partial charge is 0.493 e. The Kier molecular flexibility index (Phi) is 8.44. The molecule has 3 aromatic carbocycles. The summed E-state index contributed by atoms with van der Waals surface area (Å²) in [7, 11) is 0. The van der Waals surface area contributed by atoms with Crippen LogP contribution in [0.25, 0.3) is 17.1 Å². The van der Waals surface area contributed by atoms with E-state index in [1.54, 1.807) is 4.68 Å². The van der Waals surface area contributed by atoms with E-state index in [2.05, 4.69) is 37.5 Å². The second kappa shape index (κ2) is 12.9. The van der Waals surface area contributed by atoms with Gasteiger partial charge in [-0.1, -0.05) is 53.6 Å². The van der Waals surface area contributed by atoms with Crippen LogP contribution < -0.4 is 9.64 Å². The average Bonchev–Trinajstić information content (AvgIpc) is 3.78. The number of oxazole rings is 1. The van der Waals surface area contributed by atoms with Gasteiger partial charge in [0, 0.05) is 25.1 Å². The number of para-hydroxylation sites is 1. The topological polar surface area (TPSA) is 108 Å². The van der Waals surface area contributed by atoms with Gasteiger partial charge in [0.25, 0.3) is 0 Å². The van der Waals surface area contributed by atoms with Crippen LogP contribution in [0.3, 0.4) is 0 Å². The molecule has 10 heteroatoms. The highest BCUT2D eigenvalue weighted by Gasteiger charge is 2.40. The lowest BCUT2D eigenvalue weighted by Gasteiger charge is -2.17. The molecule has 0 unspecified atom stereocenters. The second-order valence-corrected chi connectivity index (χ2v) is 10.6. The molecule has 10 nitrogen and oxygen atoms in total. The molecule has 1 aliphatic rings. The molecule has 1 fully saturated rings. The van der Waals surface area contributed by atoms with Crippen molar-refractivity contribution in [1.82, 2.24) is 25.2 Å². The Morgan fingerprint density at radius 2 is 1.72 bits per heavy atom. The maximum absolute atomic E-state index is 13.0. The number of nitrogens with zero attached hydrogens (tertiary/aromatic N) is 6. The number of carbonyl (C=O) groups excluding carboxylic acids is 1. The van der Waals surface area contributed by atoms with Gasteiger partial charge in [0.15, 0.2) is 0 Å². The molecule has 1 aliphatic heterocycles. The van der Waals surface area contributed by atoms with Crippen molar-refractivity contribution in [1.29, 1.82) is 0 Å². The van der Waals surface area contributed by atoms with Crippen LogP contribution in [0.2, 0.25) is 0 Å². The van der Waals surface area contributed by atoms with Crippen LogP contribution in [0.15, 0.2) is 89.3 Å². The van der Waals surface area contributed by atoms with Gasteiger partial charge >= 0.3 is 5.97 Å². The van der Waals surface area contributed by atoms with E-state index in [4.69, 9.17) is 13.9 Å². The Labute approximate surface area is 250 Å². The summed E-state index contributed by atoms with van der Waals surface area (Å²) in [6.07, 6.45) is 1.36. The number of esters is 1. The van der Waals surface area contributed by atoms with E-state index in [0.29, 0.717) is 51.0 Å². The van der Waals surface area contributed by atoms with Crippen molar-refractivity contribution in [2.45, 2.75) is 26.7 Å². The molecule has 5 aromatic rings. The van der Waals surface area contributed by atoms with Gasteiger partial charge in [-0.05, 0) is 78.6 Å². The van der Waals surface area contributed by atoms with Crippen molar-refractivity contribution in [2.24, 2.45) is 11.8 Å². The molecule has 0 amide bonds. The van der Waals surface area contributed by atoms with E-state index in [9.17, 15) is 4.79 Å².